The second-order valence-corrected chi connectivity index (χ2v) is 5.12. The topological polar surface area (TPSA) is 36.4 Å². The van der Waals surface area contributed by atoms with Crippen molar-refractivity contribution in [1.29, 1.82) is 0 Å². The van der Waals surface area contributed by atoms with Gasteiger partial charge in [0.05, 0.1) is 16.2 Å². The van der Waals surface area contributed by atoms with Crippen LogP contribution in [0.4, 0.5) is 5.13 Å². The van der Waals surface area contributed by atoms with Crippen LogP contribution in [0.5, 0.6) is 0 Å². The SMILES string of the molecule is CCN(CC)c1nc(C)c(C(C)(C)O)s1. The van der Waals surface area contributed by atoms with E-state index in [1.807, 2.05) is 6.92 Å². The van der Waals surface area contributed by atoms with Crippen LogP contribution >= 0.6 is 11.3 Å². The predicted molar refractivity (Wildman–Crippen MR) is 65.7 cm³/mol. The van der Waals surface area contributed by atoms with E-state index in [9.17, 15) is 5.11 Å². The number of rotatable bonds is 4. The van der Waals surface area contributed by atoms with Gasteiger partial charge in [-0.3, -0.25) is 0 Å². The fraction of sp³-hybridized carbons (Fsp3) is 0.727. The van der Waals surface area contributed by atoms with Crippen LogP contribution in [-0.4, -0.2) is 23.2 Å². The van der Waals surface area contributed by atoms with Gasteiger partial charge in [0.25, 0.3) is 0 Å². The first-order valence-electron chi connectivity index (χ1n) is 5.35. The van der Waals surface area contributed by atoms with Gasteiger partial charge >= 0.3 is 0 Å². The zero-order chi connectivity index (χ0) is 11.6. The van der Waals surface area contributed by atoms with Gasteiger partial charge in [0.1, 0.15) is 0 Å². The highest BCUT2D eigenvalue weighted by Crippen LogP contribution is 2.33. The van der Waals surface area contributed by atoms with Gasteiger partial charge in [0, 0.05) is 13.1 Å². The normalized spacial score (nSPS) is 11.9. The number of hydrogen-bond donors (Lipinski definition) is 1. The number of aryl methyl sites for hydroxylation is 1. The van der Waals surface area contributed by atoms with E-state index in [1.54, 1.807) is 25.2 Å². The Balaban J connectivity index is 3.05. The van der Waals surface area contributed by atoms with Crippen molar-refractivity contribution in [3.8, 4) is 0 Å². The summed E-state index contributed by atoms with van der Waals surface area (Å²) in [4.78, 5) is 7.67. The summed E-state index contributed by atoms with van der Waals surface area (Å²) in [5.74, 6) is 0. The fourth-order valence-electron chi connectivity index (χ4n) is 1.58. The third-order valence-corrected chi connectivity index (χ3v) is 3.91. The van der Waals surface area contributed by atoms with Gasteiger partial charge in [0.15, 0.2) is 5.13 Å². The number of aliphatic hydroxyl groups is 1. The van der Waals surface area contributed by atoms with Gasteiger partial charge in [-0.2, -0.15) is 0 Å². The maximum Gasteiger partial charge on any atom is 0.185 e. The molecule has 1 heterocycles. The molecule has 0 saturated heterocycles. The minimum absolute atomic E-state index is 0.785. The van der Waals surface area contributed by atoms with Gasteiger partial charge < -0.3 is 10.0 Å². The van der Waals surface area contributed by atoms with Gasteiger partial charge in [-0.25, -0.2) is 4.98 Å². The molecular weight excluding hydrogens is 208 g/mol. The Kier molecular flexibility index (Phi) is 3.73. The van der Waals surface area contributed by atoms with E-state index in [0.717, 1.165) is 28.8 Å². The smallest absolute Gasteiger partial charge is 0.185 e. The number of thiazole rings is 1. The molecule has 1 aromatic rings. The Morgan fingerprint density at radius 2 is 1.87 bits per heavy atom. The lowest BCUT2D eigenvalue weighted by atomic mass is 10.1. The van der Waals surface area contributed by atoms with E-state index in [4.69, 9.17) is 0 Å². The summed E-state index contributed by atoms with van der Waals surface area (Å²) in [5, 5.41) is 11.0. The predicted octanol–water partition coefficient (Wildman–Crippen LogP) is 2.53. The minimum Gasteiger partial charge on any atom is -0.385 e. The van der Waals surface area contributed by atoms with E-state index in [2.05, 4.69) is 23.7 Å². The van der Waals surface area contributed by atoms with E-state index >= 15 is 0 Å². The number of aromatic nitrogens is 1. The summed E-state index contributed by atoms with van der Waals surface area (Å²) >= 11 is 1.59. The Hall–Kier alpha value is -0.610. The first kappa shape index (κ1) is 12.5. The van der Waals surface area contributed by atoms with Crippen molar-refractivity contribution in [2.24, 2.45) is 0 Å². The highest BCUT2D eigenvalue weighted by molar-refractivity contribution is 7.15. The fourth-order valence-corrected chi connectivity index (χ4v) is 2.77. The molecule has 4 heteroatoms. The highest BCUT2D eigenvalue weighted by atomic mass is 32.1. The van der Waals surface area contributed by atoms with E-state index in [-0.39, 0.29) is 0 Å². The third kappa shape index (κ3) is 2.69. The van der Waals surface area contributed by atoms with Crippen molar-refractivity contribution in [1.82, 2.24) is 4.98 Å². The zero-order valence-corrected chi connectivity index (χ0v) is 11.0. The summed E-state index contributed by atoms with van der Waals surface area (Å²) in [5.41, 5.74) is 0.155. The van der Waals surface area contributed by atoms with Crippen LogP contribution in [0.3, 0.4) is 0 Å². The highest BCUT2D eigenvalue weighted by Gasteiger charge is 2.23. The molecule has 0 aliphatic rings. The lowest BCUT2D eigenvalue weighted by Gasteiger charge is -2.17. The van der Waals surface area contributed by atoms with Crippen molar-refractivity contribution in [2.75, 3.05) is 18.0 Å². The van der Waals surface area contributed by atoms with Crippen LogP contribution in [0.2, 0.25) is 0 Å². The maximum atomic E-state index is 9.96. The molecule has 86 valence electrons. The molecule has 0 aromatic carbocycles. The molecule has 0 fully saturated rings. The van der Waals surface area contributed by atoms with Crippen LogP contribution in [0.25, 0.3) is 0 Å². The largest absolute Gasteiger partial charge is 0.385 e. The van der Waals surface area contributed by atoms with Crippen molar-refractivity contribution < 1.29 is 5.11 Å². The summed E-state index contributed by atoms with van der Waals surface area (Å²) in [6, 6.07) is 0. The van der Waals surface area contributed by atoms with Crippen LogP contribution in [0, 0.1) is 6.92 Å². The molecule has 0 atom stereocenters. The zero-order valence-electron chi connectivity index (χ0n) is 10.2. The van der Waals surface area contributed by atoms with Crippen LogP contribution in [0.1, 0.15) is 38.3 Å². The van der Waals surface area contributed by atoms with E-state index < -0.39 is 5.60 Å². The van der Waals surface area contributed by atoms with Crippen LogP contribution < -0.4 is 4.90 Å². The average Bonchev–Trinajstić information content (AvgIpc) is 2.49. The van der Waals surface area contributed by atoms with E-state index in [0.29, 0.717) is 0 Å². The minimum atomic E-state index is -0.785. The lowest BCUT2D eigenvalue weighted by Crippen LogP contribution is -2.21. The van der Waals surface area contributed by atoms with E-state index in [1.165, 1.54) is 0 Å². The van der Waals surface area contributed by atoms with Crippen molar-refractivity contribution >= 4 is 16.5 Å². The molecule has 0 aliphatic heterocycles. The molecule has 3 nitrogen and oxygen atoms in total. The Labute approximate surface area is 95.8 Å². The molecule has 0 radical (unpaired) electrons. The van der Waals surface area contributed by atoms with Gasteiger partial charge in [-0.05, 0) is 34.6 Å². The number of hydrogen-bond acceptors (Lipinski definition) is 4. The van der Waals surface area contributed by atoms with Crippen molar-refractivity contribution in [2.45, 2.75) is 40.2 Å². The Morgan fingerprint density at radius 1 is 1.33 bits per heavy atom. The molecule has 0 amide bonds. The Morgan fingerprint density at radius 3 is 2.20 bits per heavy atom. The average molecular weight is 228 g/mol. The summed E-state index contributed by atoms with van der Waals surface area (Å²) in [7, 11) is 0. The molecule has 1 aromatic heterocycles. The second kappa shape index (κ2) is 4.49. The monoisotopic (exact) mass is 228 g/mol. The lowest BCUT2D eigenvalue weighted by molar-refractivity contribution is 0.0817. The van der Waals surface area contributed by atoms with Crippen molar-refractivity contribution in [3.05, 3.63) is 10.6 Å². The molecule has 0 aliphatic carbocycles. The first-order valence-corrected chi connectivity index (χ1v) is 6.17. The Bertz CT molecular complexity index is 324. The van der Waals surface area contributed by atoms with Gasteiger partial charge in [0.2, 0.25) is 0 Å². The molecule has 1 N–H and O–H groups in total. The van der Waals surface area contributed by atoms with Gasteiger partial charge in [-0.1, -0.05) is 11.3 Å². The first-order chi connectivity index (χ1) is 6.90. The molecule has 0 spiro atoms. The summed E-state index contributed by atoms with van der Waals surface area (Å²) < 4.78 is 0. The quantitative estimate of drug-likeness (QED) is 0.860. The third-order valence-electron chi connectivity index (χ3n) is 2.37. The molecular formula is C11H20N2OS. The summed E-state index contributed by atoms with van der Waals surface area (Å²) in [6.07, 6.45) is 0. The molecule has 0 unspecified atom stereocenters. The molecule has 15 heavy (non-hydrogen) atoms. The standard InChI is InChI=1S/C11H20N2OS/c1-6-13(7-2)10-12-8(3)9(15-10)11(4,5)14/h14H,6-7H2,1-5H3. The second-order valence-electron chi connectivity index (χ2n) is 4.14. The molecule has 0 bridgehead atoms. The van der Waals surface area contributed by atoms with Crippen LogP contribution in [0.15, 0.2) is 0 Å². The van der Waals surface area contributed by atoms with Gasteiger partial charge in [-0.15, -0.1) is 0 Å². The molecule has 1 rings (SSSR count). The molecule has 0 saturated carbocycles. The summed E-state index contributed by atoms with van der Waals surface area (Å²) in [6.45, 7) is 11.7. The number of anilines is 1. The van der Waals surface area contributed by atoms with Crippen molar-refractivity contribution in [3.63, 3.8) is 0 Å². The van der Waals surface area contributed by atoms with Crippen LogP contribution in [-0.2, 0) is 5.60 Å². The maximum absolute atomic E-state index is 9.96. The number of nitrogens with zero attached hydrogens (tertiary/aromatic N) is 2.